The van der Waals surface area contributed by atoms with E-state index < -0.39 is 0 Å². The van der Waals surface area contributed by atoms with Crippen LogP contribution in [0.2, 0.25) is 0 Å². The van der Waals surface area contributed by atoms with Gasteiger partial charge in [-0.3, -0.25) is 0 Å². The van der Waals surface area contributed by atoms with Crippen LogP contribution in [-0.2, 0) is 4.74 Å². The highest BCUT2D eigenvalue weighted by molar-refractivity contribution is 5.73. The minimum absolute atomic E-state index is 0.232. The lowest BCUT2D eigenvalue weighted by atomic mass is 10.1. The molecule has 0 amide bonds. The van der Waals surface area contributed by atoms with Crippen LogP contribution in [0.15, 0.2) is 12.1 Å². The first kappa shape index (κ1) is 15.4. The third-order valence-electron chi connectivity index (χ3n) is 3.12. The number of anilines is 2. The quantitative estimate of drug-likeness (QED) is 0.768. The molecule has 108 valence electrons. The number of nitrogens with two attached hydrogens (primary N) is 1. The largest absolute Gasteiger partial charge is 0.493 e. The van der Waals surface area contributed by atoms with E-state index in [1.807, 2.05) is 6.07 Å². The molecule has 1 unspecified atom stereocenters. The molecule has 0 aliphatic rings. The Bertz CT molecular complexity index is 410. The summed E-state index contributed by atoms with van der Waals surface area (Å²) in [7, 11) is 4.91. The number of nitrogens with zero attached hydrogens (tertiary/aromatic N) is 1. The van der Waals surface area contributed by atoms with Crippen LogP contribution in [0.5, 0.6) is 11.5 Å². The van der Waals surface area contributed by atoms with E-state index in [4.69, 9.17) is 19.9 Å². The van der Waals surface area contributed by atoms with Crippen molar-refractivity contribution in [2.75, 3.05) is 45.1 Å². The van der Waals surface area contributed by atoms with E-state index in [0.717, 1.165) is 12.2 Å². The van der Waals surface area contributed by atoms with E-state index in [2.05, 4.69) is 18.7 Å². The molecule has 0 saturated heterocycles. The van der Waals surface area contributed by atoms with Gasteiger partial charge in [0.05, 0.1) is 32.2 Å². The second-order valence-corrected chi connectivity index (χ2v) is 4.36. The third-order valence-corrected chi connectivity index (χ3v) is 3.12. The molecule has 0 heterocycles. The number of methoxy groups -OCH3 is 3. The monoisotopic (exact) mass is 268 g/mol. The summed E-state index contributed by atoms with van der Waals surface area (Å²) in [4.78, 5) is 2.18. The fraction of sp³-hybridized carbons (Fsp3) is 0.571. The Labute approximate surface area is 115 Å². The van der Waals surface area contributed by atoms with Crippen molar-refractivity contribution in [1.82, 2.24) is 0 Å². The Kier molecular flexibility index (Phi) is 5.76. The van der Waals surface area contributed by atoms with E-state index >= 15 is 0 Å². The average molecular weight is 268 g/mol. The van der Waals surface area contributed by atoms with Crippen molar-refractivity contribution < 1.29 is 14.2 Å². The third kappa shape index (κ3) is 3.44. The number of hydrogen-bond donors (Lipinski definition) is 1. The van der Waals surface area contributed by atoms with E-state index in [1.165, 1.54) is 0 Å². The van der Waals surface area contributed by atoms with Crippen molar-refractivity contribution >= 4 is 11.4 Å². The second kappa shape index (κ2) is 7.09. The molecule has 1 rings (SSSR count). The highest BCUT2D eigenvalue weighted by Crippen LogP contribution is 2.37. The lowest BCUT2D eigenvalue weighted by Crippen LogP contribution is -2.36. The van der Waals surface area contributed by atoms with Crippen molar-refractivity contribution in [2.24, 2.45) is 0 Å². The summed E-state index contributed by atoms with van der Waals surface area (Å²) in [6.45, 7) is 5.66. The Morgan fingerprint density at radius 3 is 2.21 bits per heavy atom. The van der Waals surface area contributed by atoms with Gasteiger partial charge in [0.15, 0.2) is 11.5 Å². The van der Waals surface area contributed by atoms with Gasteiger partial charge in [0.2, 0.25) is 0 Å². The minimum Gasteiger partial charge on any atom is -0.493 e. The van der Waals surface area contributed by atoms with Crippen LogP contribution in [0.3, 0.4) is 0 Å². The standard InChI is InChI=1S/C14H24N2O3/c1-6-16(10(2)9-17-3)12-8-14(19-5)13(18-4)7-11(12)15/h7-8,10H,6,9,15H2,1-5H3. The number of likely N-dealkylation sites (N-methyl/N-ethyl adjacent to an activating group) is 1. The van der Waals surface area contributed by atoms with E-state index in [9.17, 15) is 0 Å². The summed E-state index contributed by atoms with van der Waals surface area (Å²) in [5.74, 6) is 1.31. The number of ether oxygens (including phenoxy) is 3. The molecule has 0 aliphatic carbocycles. The van der Waals surface area contributed by atoms with Gasteiger partial charge in [0.25, 0.3) is 0 Å². The molecule has 2 N–H and O–H groups in total. The van der Waals surface area contributed by atoms with Crippen LogP contribution in [0.25, 0.3) is 0 Å². The van der Waals surface area contributed by atoms with Crippen molar-refractivity contribution in [3.05, 3.63) is 12.1 Å². The zero-order valence-electron chi connectivity index (χ0n) is 12.4. The van der Waals surface area contributed by atoms with Gasteiger partial charge in [-0.2, -0.15) is 0 Å². The van der Waals surface area contributed by atoms with Gasteiger partial charge in [-0.1, -0.05) is 0 Å². The Morgan fingerprint density at radius 2 is 1.74 bits per heavy atom. The molecule has 0 saturated carbocycles. The van der Waals surface area contributed by atoms with Gasteiger partial charge in [-0.15, -0.1) is 0 Å². The first-order chi connectivity index (χ1) is 9.08. The predicted molar refractivity (Wildman–Crippen MR) is 78.3 cm³/mol. The second-order valence-electron chi connectivity index (χ2n) is 4.36. The van der Waals surface area contributed by atoms with E-state index in [1.54, 1.807) is 27.4 Å². The molecule has 5 heteroatoms. The first-order valence-corrected chi connectivity index (χ1v) is 6.36. The highest BCUT2D eigenvalue weighted by atomic mass is 16.5. The minimum atomic E-state index is 0.232. The van der Waals surface area contributed by atoms with Gasteiger partial charge in [0.1, 0.15) is 0 Å². The molecule has 0 bridgehead atoms. The highest BCUT2D eigenvalue weighted by Gasteiger charge is 2.18. The van der Waals surface area contributed by atoms with Crippen LogP contribution in [0.4, 0.5) is 11.4 Å². The Balaban J connectivity index is 3.16. The molecule has 0 aliphatic heterocycles. The predicted octanol–water partition coefficient (Wildman–Crippen LogP) is 2.15. The molecule has 19 heavy (non-hydrogen) atoms. The summed E-state index contributed by atoms with van der Waals surface area (Å²) >= 11 is 0. The zero-order valence-corrected chi connectivity index (χ0v) is 12.4. The normalized spacial score (nSPS) is 12.1. The topological polar surface area (TPSA) is 57.0 Å². The fourth-order valence-corrected chi connectivity index (χ4v) is 2.18. The van der Waals surface area contributed by atoms with Crippen LogP contribution in [-0.4, -0.2) is 40.5 Å². The molecule has 0 fully saturated rings. The molecule has 0 aromatic heterocycles. The fourth-order valence-electron chi connectivity index (χ4n) is 2.18. The molecule has 1 aromatic carbocycles. The van der Waals surface area contributed by atoms with Crippen LogP contribution in [0, 0.1) is 0 Å². The van der Waals surface area contributed by atoms with Gasteiger partial charge < -0.3 is 24.8 Å². The van der Waals surface area contributed by atoms with Crippen molar-refractivity contribution in [3.8, 4) is 11.5 Å². The maximum Gasteiger partial charge on any atom is 0.162 e. The van der Waals surface area contributed by atoms with Gasteiger partial charge >= 0.3 is 0 Å². The van der Waals surface area contributed by atoms with Crippen molar-refractivity contribution in [1.29, 1.82) is 0 Å². The smallest absolute Gasteiger partial charge is 0.162 e. The maximum absolute atomic E-state index is 6.11. The summed E-state index contributed by atoms with van der Waals surface area (Å²) in [5.41, 5.74) is 7.72. The van der Waals surface area contributed by atoms with Gasteiger partial charge in [0, 0.05) is 31.8 Å². The summed E-state index contributed by atoms with van der Waals surface area (Å²) in [6.07, 6.45) is 0. The van der Waals surface area contributed by atoms with Crippen LogP contribution in [0.1, 0.15) is 13.8 Å². The lowest BCUT2D eigenvalue weighted by molar-refractivity contribution is 0.182. The van der Waals surface area contributed by atoms with Crippen molar-refractivity contribution in [2.45, 2.75) is 19.9 Å². The molecule has 1 atom stereocenters. The molecular formula is C14H24N2O3. The van der Waals surface area contributed by atoms with Gasteiger partial charge in [-0.25, -0.2) is 0 Å². The number of hydrogen-bond acceptors (Lipinski definition) is 5. The molecule has 0 radical (unpaired) electrons. The lowest BCUT2D eigenvalue weighted by Gasteiger charge is -2.31. The average Bonchev–Trinajstić information content (AvgIpc) is 2.41. The molecular weight excluding hydrogens is 244 g/mol. The number of nitrogen functional groups attached to an aromatic ring is 1. The van der Waals surface area contributed by atoms with Crippen LogP contribution < -0.4 is 20.1 Å². The van der Waals surface area contributed by atoms with E-state index in [-0.39, 0.29) is 6.04 Å². The summed E-state index contributed by atoms with van der Waals surface area (Å²) < 4.78 is 15.8. The van der Waals surface area contributed by atoms with Gasteiger partial charge in [-0.05, 0) is 13.8 Å². The first-order valence-electron chi connectivity index (χ1n) is 6.36. The number of benzene rings is 1. The summed E-state index contributed by atoms with van der Waals surface area (Å²) in [5, 5.41) is 0. The van der Waals surface area contributed by atoms with Crippen LogP contribution >= 0.6 is 0 Å². The SMILES string of the molecule is CCN(c1cc(OC)c(OC)cc1N)C(C)COC. The van der Waals surface area contributed by atoms with E-state index in [0.29, 0.717) is 23.8 Å². The Hall–Kier alpha value is -1.62. The molecule has 5 nitrogen and oxygen atoms in total. The summed E-state index contributed by atoms with van der Waals surface area (Å²) in [6, 6.07) is 3.93. The molecule has 1 aromatic rings. The maximum atomic E-state index is 6.11. The zero-order chi connectivity index (χ0) is 14.4. The molecule has 0 spiro atoms. The van der Waals surface area contributed by atoms with Crippen molar-refractivity contribution in [3.63, 3.8) is 0 Å². The Morgan fingerprint density at radius 1 is 1.16 bits per heavy atom. The number of rotatable bonds is 7.